The van der Waals surface area contributed by atoms with Crippen molar-refractivity contribution in [1.82, 2.24) is 14.6 Å². The molecule has 0 bridgehead atoms. The van der Waals surface area contributed by atoms with Crippen LogP contribution in [-0.2, 0) is 17.8 Å². The topological polar surface area (TPSA) is 106 Å². The number of nitrogen functional groups attached to an aromatic ring is 1. The lowest BCUT2D eigenvalue weighted by Gasteiger charge is -2.20. The standard InChI is InChI=1S/C21H24N6O2/c1-14-8-10-27(24-13-16-5-4-9-23-12-16)21(29)17(14)11-20(28)26(3)18-6-7-19(22)25-15(18)2/h4-10,12,24H,11,13H2,1-3H3,(H2,22,25). The SMILES string of the molecule is Cc1ccn(NCc2cccnc2)c(=O)c1CC(=O)N(C)c1ccc(N)nc1C. The summed E-state index contributed by atoms with van der Waals surface area (Å²) in [7, 11) is 1.67. The fourth-order valence-electron chi connectivity index (χ4n) is 3.02. The molecule has 0 aliphatic rings. The predicted molar refractivity (Wildman–Crippen MR) is 113 cm³/mol. The highest BCUT2D eigenvalue weighted by molar-refractivity contribution is 5.94. The van der Waals surface area contributed by atoms with E-state index < -0.39 is 0 Å². The summed E-state index contributed by atoms with van der Waals surface area (Å²) >= 11 is 0. The van der Waals surface area contributed by atoms with Gasteiger partial charge in [0.15, 0.2) is 0 Å². The Morgan fingerprint density at radius 3 is 2.72 bits per heavy atom. The van der Waals surface area contributed by atoms with E-state index in [1.165, 1.54) is 9.58 Å². The maximum absolute atomic E-state index is 12.9. The fraction of sp³-hybridized carbons (Fsp3) is 0.238. The van der Waals surface area contributed by atoms with Gasteiger partial charge in [-0.1, -0.05) is 6.07 Å². The third kappa shape index (κ3) is 4.60. The van der Waals surface area contributed by atoms with E-state index in [0.717, 1.165) is 11.1 Å². The zero-order valence-electron chi connectivity index (χ0n) is 16.7. The highest BCUT2D eigenvalue weighted by Crippen LogP contribution is 2.19. The molecule has 0 aliphatic heterocycles. The number of likely N-dealkylation sites (N-methyl/N-ethyl adjacent to an activating group) is 1. The zero-order valence-corrected chi connectivity index (χ0v) is 16.7. The van der Waals surface area contributed by atoms with E-state index in [0.29, 0.717) is 29.3 Å². The summed E-state index contributed by atoms with van der Waals surface area (Å²) in [6.45, 7) is 4.06. The van der Waals surface area contributed by atoms with Gasteiger partial charge >= 0.3 is 0 Å². The molecule has 0 atom stereocenters. The molecule has 1 amide bonds. The average Bonchev–Trinajstić information content (AvgIpc) is 2.70. The van der Waals surface area contributed by atoms with Crippen molar-refractivity contribution in [3.05, 3.63) is 81.7 Å². The first-order valence-corrected chi connectivity index (χ1v) is 9.20. The Morgan fingerprint density at radius 2 is 2.03 bits per heavy atom. The van der Waals surface area contributed by atoms with E-state index in [9.17, 15) is 9.59 Å². The van der Waals surface area contributed by atoms with Gasteiger partial charge in [-0.25, -0.2) is 9.66 Å². The maximum atomic E-state index is 12.9. The molecule has 3 aromatic heterocycles. The number of nitrogens with zero attached hydrogens (tertiary/aromatic N) is 4. The van der Waals surface area contributed by atoms with Gasteiger partial charge in [0.25, 0.3) is 5.56 Å². The number of carbonyl (C=O) groups is 1. The summed E-state index contributed by atoms with van der Waals surface area (Å²) in [5.41, 5.74) is 12.0. The minimum absolute atomic E-state index is 0.0135. The number of nitrogens with two attached hydrogens (primary N) is 1. The van der Waals surface area contributed by atoms with Crippen molar-refractivity contribution in [3.8, 4) is 0 Å². The first kappa shape index (κ1) is 20.1. The first-order valence-electron chi connectivity index (χ1n) is 9.20. The van der Waals surface area contributed by atoms with Gasteiger partial charge in [0.05, 0.1) is 24.3 Å². The smallest absolute Gasteiger partial charge is 0.272 e. The van der Waals surface area contributed by atoms with E-state index in [1.807, 2.05) is 25.1 Å². The molecular weight excluding hydrogens is 368 g/mol. The van der Waals surface area contributed by atoms with Crippen LogP contribution < -0.4 is 21.6 Å². The molecule has 0 aromatic carbocycles. The summed E-state index contributed by atoms with van der Waals surface area (Å²) in [6, 6.07) is 8.97. The van der Waals surface area contributed by atoms with Gasteiger partial charge in [-0.3, -0.25) is 14.6 Å². The Hall–Kier alpha value is -3.68. The van der Waals surface area contributed by atoms with Crippen LogP contribution in [0.15, 0.2) is 53.7 Å². The van der Waals surface area contributed by atoms with Crippen molar-refractivity contribution in [3.63, 3.8) is 0 Å². The molecule has 29 heavy (non-hydrogen) atoms. The summed E-state index contributed by atoms with van der Waals surface area (Å²) in [5, 5.41) is 0. The van der Waals surface area contributed by atoms with Crippen LogP contribution in [0, 0.1) is 13.8 Å². The van der Waals surface area contributed by atoms with Crippen molar-refractivity contribution in [2.24, 2.45) is 0 Å². The van der Waals surface area contributed by atoms with Crippen LogP contribution in [0.3, 0.4) is 0 Å². The molecule has 3 heterocycles. The molecule has 3 N–H and O–H groups in total. The minimum atomic E-state index is -0.247. The third-order valence-electron chi connectivity index (χ3n) is 4.75. The number of hydrogen-bond donors (Lipinski definition) is 2. The van der Waals surface area contributed by atoms with E-state index in [2.05, 4.69) is 15.4 Å². The van der Waals surface area contributed by atoms with Crippen molar-refractivity contribution < 1.29 is 4.79 Å². The second-order valence-corrected chi connectivity index (χ2v) is 6.82. The molecule has 0 saturated heterocycles. The van der Waals surface area contributed by atoms with Crippen molar-refractivity contribution in [2.45, 2.75) is 26.8 Å². The Balaban J connectivity index is 1.79. The number of hydrogen-bond acceptors (Lipinski definition) is 6. The summed E-state index contributed by atoms with van der Waals surface area (Å²) in [6.07, 6.45) is 5.08. The van der Waals surface area contributed by atoms with Gasteiger partial charge in [0, 0.05) is 31.2 Å². The van der Waals surface area contributed by atoms with Gasteiger partial charge in [-0.2, -0.15) is 0 Å². The number of amides is 1. The predicted octanol–water partition coefficient (Wildman–Crippen LogP) is 1.79. The van der Waals surface area contributed by atoms with Crippen LogP contribution in [0.2, 0.25) is 0 Å². The van der Waals surface area contributed by atoms with Gasteiger partial charge in [0.2, 0.25) is 5.91 Å². The molecular formula is C21H24N6O2. The molecule has 3 aromatic rings. The molecule has 3 rings (SSSR count). The van der Waals surface area contributed by atoms with E-state index >= 15 is 0 Å². The van der Waals surface area contributed by atoms with E-state index in [4.69, 9.17) is 5.73 Å². The van der Waals surface area contributed by atoms with Crippen LogP contribution in [-0.4, -0.2) is 27.6 Å². The first-order chi connectivity index (χ1) is 13.9. The summed E-state index contributed by atoms with van der Waals surface area (Å²) in [4.78, 5) is 35.5. The number of carbonyl (C=O) groups excluding carboxylic acids is 1. The van der Waals surface area contributed by atoms with Gasteiger partial charge in [0.1, 0.15) is 5.82 Å². The van der Waals surface area contributed by atoms with Gasteiger partial charge < -0.3 is 16.1 Å². The monoisotopic (exact) mass is 392 g/mol. The Labute approximate surface area is 169 Å². The zero-order chi connectivity index (χ0) is 21.0. The van der Waals surface area contributed by atoms with Crippen molar-refractivity contribution in [1.29, 1.82) is 0 Å². The summed E-state index contributed by atoms with van der Waals surface area (Å²) in [5.74, 6) is 0.193. The van der Waals surface area contributed by atoms with Crippen LogP contribution in [0.5, 0.6) is 0 Å². The van der Waals surface area contributed by atoms with Gasteiger partial charge in [-0.05, 0) is 49.2 Å². The number of anilines is 2. The van der Waals surface area contributed by atoms with Gasteiger partial charge in [-0.15, -0.1) is 0 Å². The second kappa shape index (κ2) is 8.55. The Bertz CT molecular complexity index is 1080. The van der Waals surface area contributed by atoms with E-state index in [-0.39, 0.29) is 17.9 Å². The highest BCUT2D eigenvalue weighted by atomic mass is 16.2. The number of aryl methyl sites for hydroxylation is 2. The van der Waals surface area contributed by atoms with E-state index in [1.54, 1.807) is 44.7 Å². The average molecular weight is 392 g/mol. The number of nitrogens with one attached hydrogen (secondary N) is 1. The highest BCUT2D eigenvalue weighted by Gasteiger charge is 2.18. The minimum Gasteiger partial charge on any atom is -0.384 e. The lowest BCUT2D eigenvalue weighted by atomic mass is 10.1. The lowest BCUT2D eigenvalue weighted by Crippen LogP contribution is -2.35. The molecule has 0 unspecified atom stereocenters. The van der Waals surface area contributed by atoms with Crippen LogP contribution in [0.25, 0.3) is 0 Å². The number of pyridine rings is 3. The normalized spacial score (nSPS) is 10.6. The molecule has 0 radical (unpaired) electrons. The van der Waals surface area contributed by atoms with Crippen LogP contribution in [0.1, 0.15) is 22.4 Å². The summed E-state index contributed by atoms with van der Waals surface area (Å²) < 4.78 is 1.40. The maximum Gasteiger partial charge on any atom is 0.272 e. The molecule has 0 fully saturated rings. The Kier molecular flexibility index (Phi) is 5.92. The van der Waals surface area contributed by atoms with Crippen molar-refractivity contribution >= 4 is 17.4 Å². The molecule has 8 nitrogen and oxygen atoms in total. The molecule has 8 heteroatoms. The fourth-order valence-corrected chi connectivity index (χ4v) is 3.02. The van der Waals surface area contributed by atoms with Crippen LogP contribution >= 0.6 is 0 Å². The molecule has 0 saturated carbocycles. The molecule has 0 aliphatic carbocycles. The lowest BCUT2D eigenvalue weighted by molar-refractivity contribution is -0.117. The Morgan fingerprint density at radius 1 is 1.24 bits per heavy atom. The largest absolute Gasteiger partial charge is 0.384 e. The van der Waals surface area contributed by atoms with Crippen LogP contribution in [0.4, 0.5) is 11.5 Å². The van der Waals surface area contributed by atoms with Crippen molar-refractivity contribution in [2.75, 3.05) is 23.1 Å². The molecule has 150 valence electrons. The number of aromatic nitrogens is 3. The molecule has 0 spiro atoms. The quantitative estimate of drug-likeness (QED) is 0.662. The third-order valence-corrected chi connectivity index (χ3v) is 4.75. The second-order valence-electron chi connectivity index (χ2n) is 6.82. The number of rotatable bonds is 6.